The maximum atomic E-state index is 13.9. The topological polar surface area (TPSA) is 12.5 Å². The fourth-order valence-corrected chi connectivity index (χ4v) is 3.08. The molecule has 1 aliphatic heterocycles. The second kappa shape index (κ2) is 6.92. The van der Waals surface area contributed by atoms with Crippen LogP contribution in [0.25, 0.3) is 6.08 Å². The van der Waals surface area contributed by atoms with Crippen molar-refractivity contribution in [3.63, 3.8) is 0 Å². The Morgan fingerprint density at radius 2 is 2.25 bits per heavy atom. The maximum Gasteiger partial charge on any atom is 0.145 e. The zero-order chi connectivity index (χ0) is 14.7. The number of anilines is 1. The molecule has 0 aromatic heterocycles. The van der Waals surface area contributed by atoms with Crippen molar-refractivity contribution in [1.29, 1.82) is 0 Å². The van der Waals surface area contributed by atoms with Crippen LogP contribution >= 0.6 is 27.5 Å². The molecule has 110 valence electrons. The molecule has 0 bridgehead atoms. The first-order valence-corrected chi connectivity index (χ1v) is 7.88. The first-order valence-electron chi connectivity index (χ1n) is 6.71. The van der Waals surface area contributed by atoms with Crippen LogP contribution in [-0.2, 0) is 4.74 Å². The summed E-state index contributed by atoms with van der Waals surface area (Å²) in [7, 11) is 1.93. The molecule has 1 fully saturated rings. The van der Waals surface area contributed by atoms with E-state index in [-0.39, 0.29) is 11.3 Å². The molecule has 1 atom stereocenters. The molecule has 1 saturated heterocycles. The van der Waals surface area contributed by atoms with Crippen molar-refractivity contribution in [2.75, 3.05) is 18.6 Å². The van der Waals surface area contributed by atoms with Gasteiger partial charge in [0.1, 0.15) is 12.0 Å². The quantitative estimate of drug-likeness (QED) is 0.682. The fourth-order valence-electron chi connectivity index (χ4n) is 2.40. The zero-order valence-electron chi connectivity index (χ0n) is 11.6. The van der Waals surface area contributed by atoms with Gasteiger partial charge in [-0.05, 0) is 48.2 Å². The van der Waals surface area contributed by atoms with Crippen molar-refractivity contribution in [3.8, 4) is 0 Å². The molecule has 1 heterocycles. The van der Waals surface area contributed by atoms with Crippen molar-refractivity contribution < 1.29 is 9.13 Å². The third-order valence-corrected chi connectivity index (χ3v) is 4.90. The Morgan fingerprint density at radius 1 is 1.50 bits per heavy atom. The minimum absolute atomic E-state index is 0.0137. The molecule has 20 heavy (non-hydrogen) atoms. The highest BCUT2D eigenvalue weighted by Gasteiger charge is 2.23. The smallest absolute Gasteiger partial charge is 0.145 e. The fraction of sp³-hybridized carbons (Fsp3) is 0.467. The van der Waals surface area contributed by atoms with Gasteiger partial charge in [-0.25, -0.2) is 4.39 Å². The first-order chi connectivity index (χ1) is 9.56. The largest absolute Gasteiger partial charge is 0.358 e. The summed E-state index contributed by atoms with van der Waals surface area (Å²) in [4.78, 5) is 1.98. The van der Waals surface area contributed by atoms with Crippen molar-refractivity contribution in [1.82, 2.24) is 0 Å². The normalized spacial score (nSPS) is 19.6. The Balaban J connectivity index is 2.43. The lowest BCUT2D eigenvalue weighted by molar-refractivity contribution is 0.0173. The average Bonchev–Trinajstić information content (AvgIpc) is 2.48. The minimum Gasteiger partial charge on any atom is -0.358 e. The van der Waals surface area contributed by atoms with Crippen molar-refractivity contribution in [2.45, 2.75) is 32.4 Å². The Bertz CT molecular complexity index is 515. The van der Waals surface area contributed by atoms with Crippen LogP contribution in [0.4, 0.5) is 10.1 Å². The lowest BCUT2D eigenvalue weighted by Gasteiger charge is -2.34. The van der Waals surface area contributed by atoms with Crippen LogP contribution < -0.4 is 4.90 Å². The Hall–Kier alpha value is -0.580. The second-order valence-electron chi connectivity index (χ2n) is 4.85. The summed E-state index contributed by atoms with van der Waals surface area (Å²) < 4.78 is 20.3. The summed E-state index contributed by atoms with van der Waals surface area (Å²) in [6.07, 6.45) is 6.99. The summed E-state index contributed by atoms with van der Waals surface area (Å²) in [5, 5.41) is 0.111. The molecule has 2 nitrogen and oxygen atoms in total. The molecule has 2 rings (SSSR count). The van der Waals surface area contributed by atoms with E-state index in [1.807, 2.05) is 31.0 Å². The Kier molecular flexibility index (Phi) is 5.47. The Morgan fingerprint density at radius 3 is 2.85 bits per heavy atom. The van der Waals surface area contributed by atoms with E-state index in [2.05, 4.69) is 15.9 Å². The number of benzene rings is 1. The number of hydrogen-bond donors (Lipinski definition) is 0. The number of nitrogens with zero attached hydrogens (tertiary/aromatic N) is 1. The van der Waals surface area contributed by atoms with Gasteiger partial charge in [-0.1, -0.05) is 23.8 Å². The second-order valence-corrected chi connectivity index (χ2v) is 6.02. The third-order valence-electron chi connectivity index (χ3n) is 3.48. The lowest BCUT2D eigenvalue weighted by Crippen LogP contribution is -2.37. The molecule has 1 aromatic carbocycles. The average molecular weight is 363 g/mol. The zero-order valence-corrected chi connectivity index (χ0v) is 14.0. The number of halogens is 3. The molecule has 0 spiro atoms. The number of hydrogen-bond acceptors (Lipinski definition) is 2. The molecule has 0 radical (unpaired) electrons. The number of rotatable bonds is 3. The SMILES string of the molecule is C/C=C\c1c(N(C)C2CCCCO2)cc(F)c(Cl)c1Br. The van der Waals surface area contributed by atoms with Gasteiger partial charge in [0.2, 0.25) is 0 Å². The van der Waals surface area contributed by atoms with E-state index in [0.29, 0.717) is 4.47 Å². The summed E-state index contributed by atoms with van der Waals surface area (Å²) in [5.41, 5.74) is 1.65. The van der Waals surface area contributed by atoms with Gasteiger partial charge in [0.05, 0.1) is 5.02 Å². The van der Waals surface area contributed by atoms with Crippen molar-refractivity contribution >= 4 is 39.3 Å². The standard InChI is InChI=1S/C15H18BrClFNO/c1-3-6-10-12(9-11(18)15(17)14(10)16)19(2)13-7-4-5-8-20-13/h3,6,9,13H,4-5,7-8H2,1-2H3/b6-3-. The molecular formula is C15H18BrClFNO. The monoisotopic (exact) mass is 361 g/mol. The first kappa shape index (κ1) is 15.8. The molecule has 1 unspecified atom stereocenters. The van der Waals surface area contributed by atoms with Gasteiger partial charge in [-0.3, -0.25) is 0 Å². The van der Waals surface area contributed by atoms with Gasteiger partial charge < -0.3 is 9.64 Å². The van der Waals surface area contributed by atoms with Crippen LogP contribution in [-0.4, -0.2) is 19.9 Å². The molecular weight excluding hydrogens is 345 g/mol. The molecule has 5 heteroatoms. The van der Waals surface area contributed by atoms with Crippen molar-refractivity contribution in [3.05, 3.63) is 33.0 Å². The predicted molar refractivity (Wildman–Crippen MR) is 85.8 cm³/mol. The third kappa shape index (κ3) is 3.18. The van der Waals surface area contributed by atoms with E-state index in [1.54, 1.807) is 0 Å². The molecule has 0 amide bonds. The summed E-state index contributed by atoms with van der Waals surface area (Å²) in [6.45, 7) is 2.68. The summed E-state index contributed by atoms with van der Waals surface area (Å²) >= 11 is 9.36. The Labute approximate surface area is 132 Å². The number of allylic oxidation sites excluding steroid dienone is 1. The predicted octanol–water partition coefficient (Wildman–Crippen LogP) is 5.24. The molecule has 0 aliphatic carbocycles. The van der Waals surface area contributed by atoms with Gasteiger partial charge in [0.25, 0.3) is 0 Å². The van der Waals surface area contributed by atoms with E-state index in [4.69, 9.17) is 16.3 Å². The van der Waals surface area contributed by atoms with Crippen LogP contribution in [0.2, 0.25) is 5.02 Å². The highest BCUT2D eigenvalue weighted by molar-refractivity contribution is 9.10. The highest BCUT2D eigenvalue weighted by atomic mass is 79.9. The molecule has 0 saturated carbocycles. The van der Waals surface area contributed by atoms with E-state index in [0.717, 1.165) is 37.1 Å². The summed E-state index contributed by atoms with van der Waals surface area (Å²) in [5.74, 6) is -0.426. The molecule has 0 N–H and O–H groups in total. The van der Waals surface area contributed by atoms with Crippen LogP contribution in [0.5, 0.6) is 0 Å². The van der Waals surface area contributed by atoms with Crippen LogP contribution in [0, 0.1) is 5.82 Å². The minimum atomic E-state index is -0.426. The van der Waals surface area contributed by atoms with E-state index in [9.17, 15) is 4.39 Å². The maximum absolute atomic E-state index is 13.9. The lowest BCUT2D eigenvalue weighted by atomic mass is 10.1. The van der Waals surface area contributed by atoms with Crippen LogP contribution in [0.1, 0.15) is 31.7 Å². The summed E-state index contributed by atoms with van der Waals surface area (Å²) in [6, 6.07) is 1.47. The van der Waals surface area contributed by atoms with Gasteiger partial charge in [-0.2, -0.15) is 0 Å². The van der Waals surface area contributed by atoms with Gasteiger partial charge in [0, 0.05) is 29.4 Å². The van der Waals surface area contributed by atoms with Gasteiger partial charge >= 0.3 is 0 Å². The molecule has 1 aromatic rings. The van der Waals surface area contributed by atoms with Crippen LogP contribution in [0.15, 0.2) is 16.6 Å². The van der Waals surface area contributed by atoms with Crippen LogP contribution in [0.3, 0.4) is 0 Å². The van der Waals surface area contributed by atoms with E-state index in [1.165, 1.54) is 6.07 Å². The van der Waals surface area contributed by atoms with E-state index < -0.39 is 5.82 Å². The van der Waals surface area contributed by atoms with Gasteiger partial charge in [0.15, 0.2) is 0 Å². The van der Waals surface area contributed by atoms with Crippen molar-refractivity contribution in [2.24, 2.45) is 0 Å². The highest BCUT2D eigenvalue weighted by Crippen LogP contribution is 2.38. The van der Waals surface area contributed by atoms with Gasteiger partial charge in [-0.15, -0.1) is 0 Å². The molecule has 1 aliphatic rings. The van der Waals surface area contributed by atoms with E-state index >= 15 is 0 Å². The number of ether oxygens (including phenoxy) is 1.